The van der Waals surface area contributed by atoms with Gasteiger partial charge in [0.05, 0.1) is 0 Å². The summed E-state index contributed by atoms with van der Waals surface area (Å²) in [6.45, 7) is 0. The highest BCUT2D eigenvalue weighted by Gasteiger charge is 2.10. The van der Waals surface area contributed by atoms with Crippen LogP contribution in [0.2, 0.25) is 0 Å². The van der Waals surface area contributed by atoms with Crippen LogP contribution in [0, 0.1) is 54.8 Å². The third-order valence-electron chi connectivity index (χ3n) is 5.52. The molecule has 3 N–H and O–H groups in total. The lowest BCUT2D eigenvalue weighted by atomic mass is 9.90. The lowest BCUT2D eigenvalue weighted by Crippen LogP contribution is -2.02. The molecule has 0 unspecified atom stereocenters. The molecule has 0 spiro atoms. The molecule has 0 heterocycles. The molecule has 3 nitrogen and oxygen atoms in total. The molecule has 0 aromatic heterocycles. The van der Waals surface area contributed by atoms with Crippen LogP contribution in [0.25, 0.3) is 0 Å². The molecule has 0 atom stereocenters. The highest BCUT2D eigenvalue weighted by Crippen LogP contribution is 2.23. The van der Waals surface area contributed by atoms with Crippen molar-refractivity contribution in [2.75, 3.05) is 0 Å². The monoisotopic (exact) mass is 406 g/mol. The predicted octanol–water partition coefficient (Wildman–Crippen LogP) is 5.79. The molecule has 3 aliphatic carbocycles. The summed E-state index contributed by atoms with van der Waals surface area (Å²) in [5, 5.41) is 0. The minimum Gasteiger partial charge on any atom is -0.328 e. The molecule has 0 saturated heterocycles. The summed E-state index contributed by atoms with van der Waals surface area (Å²) >= 11 is 0. The van der Waals surface area contributed by atoms with Crippen LogP contribution in [0.3, 0.4) is 0 Å². The quantitative estimate of drug-likeness (QED) is 0.352. The van der Waals surface area contributed by atoms with E-state index in [4.69, 9.17) is 34.0 Å². The van der Waals surface area contributed by atoms with Gasteiger partial charge in [-0.15, -0.1) is 37.0 Å². The summed E-state index contributed by atoms with van der Waals surface area (Å²) in [5.74, 6) is 10.3. The van der Waals surface area contributed by atoms with E-state index in [0.717, 1.165) is 0 Å². The number of rotatable bonds is 0. The van der Waals surface area contributed by atoms with E-state index in [2.05, 4.69) is 17.8 Å². The van der Waals surface area contributed by atoms with Gasteiger partial charge in [0.2, 0.25) is 0 Å². The van der Waals surface area contributed by atoms with Gasteiger partial charge in [-0.2, -0.15) is 0 Å². The summed E-state index contributed by atoms with van der Waals surface area (Å²) < 4.78 is 0. The largest absolute Gasteiger partial charge is 0.328 e. The van der Waals surface area contributed by atoms with Gasteiger partial charge in [0.25, 0.3) is 0 Å². The van der Waals surface area contributed by atoms with E-state index in [1.807, 2.05) is 0 Å². The fourth-order valence-electron chi connectivity index (χ4n) is 3.81. The van der Waals surface area contributed by atoms with Crippen LogP contribution < -0.4 is 0 Å². The minimum absolute atomic E-state index is 0.615. The summed E-state index contributed by atoms with van der Waals surface area (Å²) in [6.07, 6.45) is 35.7. The Morgan fingerprint density at radius 2 is 0.643 bits per heavy atom. The molecule has 3 aliphatic rings. The Hall–Kier alpha value is -1.01. The summed E-state index contributed by atoms with van der Waals surface area (Å²) in [6, 6.07) is 0. The van der Waals surface area contributed by atoms with E-state index in [1.165, 1.54) is 96.3 Å². The third kappa shape index (κ3) is 17.1. The van der Waals surface area contributed by atoms with Crippen molar-refractivity contribution < 1.29 is 14.7 Å². The zero-order valence-electron chi connectivity index (χ0n) is 17.4. The van der Waals surface area contributed by atoms with Crippen LogP contribution in [0.4, 0.5) is 0 Å². The van der Waals surface area contributed by atoms with Gasteiger partial charge in [-0.1, -0.05) is 57.8 Å². The van der Waals surface area contributed by atoms with Gasteiger partial charge in [-0.3, -0.25) is 0 Å². The Morgan fingerprint density at radius 1 is 0.464 bits per heavy atom. The maximum atomic E-state index is 7.23. The van der Waals surface area contributed by atoms with E-state index in [9.17, 15) is 0 Å². The van der Waals surface area contributed by atoms with Gasteiger partial charge < -0.3 is 14.7 Å². The summed E-state index contributed by atoms with van der Waals surface area (Å²) in [7, 11) is -2.62. The number of terminal acetylenes is 3. The van der Waals surface area contributed by atoms with Crippen molar-refractivity contribution in [1.82, 2.24) is 0 Å². The van der Waals surface area contributed by atoms with Crippen LogP contribution >= 0.6 is 8.60 Å². The van der Waals surface area contributed by atoms with Crippen LogP contribution in [0.5, 0.6) is 0 Å². The molecule has 3 fully saturated rings. The fraction of sp³-hybridized carbons (Fsp3) is 0.750. The molecule has 0 aromatic carbocycles. The first-order valence-corrected chi connectivity index (χ1v) is 12.0. The maximum absolute atomic E-state index is 7.23. The molecular formula is C24H39O3P. The molecule has 0 radical (unpaired) electrons. The summed E-state index contributed by atoms with van der Waals surface area (Å²) in [4.78, 5) is 21.7. The average Bonchev–Trinajstić information content (AvgIpc) is 2.76. The number of hydrogen-bond acceptors (Lipinski definition) is 3. The standard InChI is InChI=1S/3C8H12.H3O3P/c3*1-2-8-6-4-3-5-7-8;1-4(2)3/h3*1,8H,3-7H2;1-3H. The van der Waals surface area contributed by atoms with Gasteiger partial charge in [0.1, 0.15) is 0 Å². The topological polar surface area (TPSA) is 60.7 Å². The van der Waals surface area contributed by atoms with Gasteiger partial charge >= 0.3 is 8.60 Å². The Bertz CT molecular complexity index is 396. The Morgan fingerprint density at radius 3 is 0.750 bits per heavy atom. The normalized spacial score (nSPS) is 20.5. The molecule has 158 valence electrons. The van der Waals surface area contributed by atoms with Crippen LogP contribution in [-0.4, -0.2) is 14.7 Å². The maximum Gasteiger partial charge on any atom is 0.324 e. The smallest absolute Gasteiger partial charge is 0.324 e. The molecule has 0 bridgehead atoms. The lowest BCUT2D eigenvalue weighted by molar-refractivity contribution is 0.368. The molecule has 0 aromatic rings. The first kappa shape index (κ1) is 27.0. The second-order valence-electron chi connectivity index (χ2n) is 7.77. The second-order valence-corrected chi connectivity index (χ2v) is 8.31. The van der Waals surface area contributed by atoms with E-state index < -0.39 is 8.60 Å². The van der Waals surface area contributed by atoms with Crippen LogP contribution in [-0.2, 0) is 0 Å². The van der Waals surface area contributed by atoms with Crippen molar-refractivity contribution in [1.29, 1.82) is 0 Å². The van der Waals surface area contributed by atoms with E-state index in [0.29, 0.717) is 17.8 Å². The Kier molecular flexibility index (Phi) is 18.6. The van der Waals surface area contributed by atoms with E-state index >= 15 is 0 Å². The average molecular weight is 407 g/mol. The van der Waals surface area contributed by atoms with Gasteiger partial charge in [-0.25, -0.2) is 0 Å². The van der Waals surface area contributed by atoms with Gasteiger partial charge in [0.15, 0.2) is 0 Å². The highest BCUT2D eigenvalue weighted by molar-refractivity contribution is 7.38. The van der Waals surface area contributed by atoms with Crippen molar-refractivity contribution in [3.05, 3.63) is 0 Å². The predicted molar refractivity (Wildman–Crippen MR) is 120 cm³/mol. The summed E-state index contributed by atoms with van der Waals surface area (Å²) in [5.41, 5.74) is 0. The SMILES string of the molecule is C#CC1CCCCC1.C#CC1CCCCC1.C#CC1CCCCC1.OP(O)O. The van der Waals surface area contributed by atoms with Crippen LogP contribution in [0.15, 0.2) is 0 Å². The molecule has 3 saturated carbocycles. The lowest BCUT2D eigenvalue weighted by Gasteiger charge is -2.14. The van der Waals surface area contributed by atoms with Gasteiger partial charge in [-0.05, 0) is 38.5 Å². The Balaban J connectivity index is 0.000000358. The van der Waals surface area contributed by atoms with E-state index in [-0.39, 0.29) is 0 Å². The van der Waals surface area contributed by atoms with Crippen molar-refractivity contribution in [2.24, 2.45) is 17.8 Å². The molecular weight excluding hydrogens is 367 g/mol. The minimum atomic E-state index is -2.62. The van der Waals surface area contributed by atoms with Crippen LogP contribution in [0.1, 0.15) is 96.3 Å². The molecule has 3 rings (SSSR count). The molecule has 0 amide bonds. The highest BCUT2D eigenvalue weighted by atomic mass is 31.2. The van der Waals surface area contributed by atoms with Crippen molar-refractivity contribution >= 4 is 8.60 Å². The molecule has 0 aliphatic heterocycles. The third-order valence-corrected chi connectivity index (χ3v) is 5.52. The Labute approximate surface area is 174 Å². The van der Waals surface area contributed by atoms with Crippen molar-refractivity contribution in [3.8, 4) is 37.0 Å². The van der Waals surface area contributed by atoms with Crippen molar-refractivity contribution in [3.63, 3.8) is 0 Å². The molecule has 4 heteroatoms. The number of hydrogen-bond donors (Lipinski definition) is 3. The zero-order valence-corrected chi connectivity index (χ0v) is 18.3. The fourth-order valence-corrected chi connectivity index (χ4v) is 3.81. The van der Waals surface area contributed by atoms with Crippen molar-refractivity contribution in [2.45, 2.75) is 96.3 Å². The zero-order chi connectivity index (χ0) is 21.0. The van der Waals surface area contributed by atoms with Gasteiger partial charge in [0, 0.05) is 17.8 Å². The first-order valence-electron chi connectivity index (χ1n) is 10.8. The molecule has 28 heavy (non-hydrogen) atoms. The second kappa shape index (κ2) is 19.3. The van der Waals surface area contributed by atoms with E-state index in [1.54, 1.807) is 0 Å². The first-order chi connectivity index (χ1) is 13.5.